The van der Waals surface area contributed by atoms with Crippen LogP contribution in [0.1, 0.15) is 31.7 Å². The van der Waals surface area contributed by atoms with E-state index in [0.717, 1.165) is 0 Å². The molecule has 0 radical (unpaired) electrons. The molecule has 0 amide bonds. The number of halogens is 5. The molecule has 1 aliphatic rings. The predicted octanol–water partition coefficient (Wildman–Crippen LogP) is 6.28. The van der Waals surface area contributed by atoms with Crippen LogP contribution in [0.2, 0.25) is 0 Å². The molecule has 0 aromatic heterocycles. The lowest BCUT2D eigenvalue weighted by Crippen LogP contribution is -2.25. The zero-order chi connectivity index (χ0) is 15.8. The summed E-state index contributed by atoms with van der Waals surface area (Å²) in [5, 5.41) is -0.740. The number of rotatable bonds is 2. The van der Waals surface area contributed by atoms with Crippen molar-refractivity contribution in [3.8, 4) is 0 Å². The molecule has 120 valence electrons. The Balaban J connectivity index is 2.39. The molecule has 0 aliphatic carbocycles. The van der Waals surface area contributed by atoms with E-state index < -0.39 is 21.2 Å². The molecule has 1 aliphatic heterocycles. The SMILES string of the molecule is CC1(c2ccccc2)CC(=CS(F)(F)(F)(F)F)CCCO1. The predicted molar refractivity (Wildman–Crippen MR) is 74.8 cm³/mol. The average Bonchev–Trinajstić information content (AvgIpc) is 2.49. The molecule has 1 aromatic rings. The third kappa shape index (κ3) is 5.00. The minimum absolute atomic E-state index is 0.0337. The van der Waals surface area contributed by atoms with Crippen LogP contribution in [0, 0.1) is 0 Å². The van der Waals surface area contributed by atoms with Crippen LogP contribution in [-0.2, 0) is 10.3 Å². The Labute approximate surface area is 120 Å². The fraction of sp³-hybridized carbons (Fsp3) is 0.429. The molecular formula is C14H17F5OS. The summed E-state index contributed by atoms with van der Waals surface area (Å²) in [5.74, 6) is 0. The van der Waals surface area contributed by atoms with Gasteiger partial charge in [-0.25, -0.2) is 0 Å². The third-order valence-electron chi connectivity index (χ3n) is 3.40. The first-order chi connectivity index (χ1) is 9.37. The lowest BCUT2D eigenvalue weighted by molar-refractivity contribution is -0.0287. The highest BCUT2D eigenvalue weighted by atomic mass is 32.5. The quantitative estimate of drug-likeness (QED) is 0.580. The van der Waals surface area contributed by atoms with Gasteiger partial charge in [-0.15, -0.1) is 0 Å². The van der Waals surface area contributed by atoms with Gasteiger partial charge in [-0.1, -0.05) is 55.3 Å². The Kier molecular flexibility index (Phi) is 3.46. The second-order valence-electron chi connectivity index (χ2n) is 5.53. The molecule has 21 heavy (non-hydrogen) atoms. The number of hydrogen-bond donors (Lipinski definition) is 0. The monoisotopic (exact) mass is 328 g/mol. The van der Waals surface area contributed by atoms with Gasteiger partial charge in [0.2, 0.25) is 0 Å². The normalized spacial score (nSPS) is 29.5. The Morgan fingerprint density at radius 2 is 1.71 bits per heavy atom. The zero-order valence-corrected chi connectivity index (χ0v) is 12.3. The van der Waals surface area contributed by atoms with Crippen molar-refractivity contribution in [3.05, 3.63) is 46.9 Å². The van der Waals surface area contributed by atoms with Crippen molar-refractivity contribution < 1.29 is 24.2 Å². The summed E-state index contributed by atoms with van der Waals surface area (Å²) < 4.78 is 69.0. The third-order valence-corrected chi connectivity index (χ3v) is 4.18. The van der Waals surface area contributed by atoms with Crippen molar-refractivity contribution in [1.82, 2.24) is 0 Å². The molecule has 7 heteroatoms. The van der Waals surface area contributed by atoms with E-state index in [-0.39, 0.29) is 25.0 Å². The van der Waals surface area contributed by atoms with E-state index in [0.29, 0.717) is 12.0 Å². The molecule has 1 atom stereocenters. The van der Waals surface area contributed by atoms with Gasteiger partial charge < -0.3 is 4.74 Å². The number of ether oxygens (including phenoxy) is 1. The highest BCUT2D eigenvalue weighted by molar-refractivity contribution is 8.48. The highest BCUT2D eigenvalue weighted by Crippen LogP contribution is 2.99. The summed E-state index contributed by atoms with van der Waals surface area (Å²) in [4.78, 5) is 0. The number of benzene rings is 1. The van der Waals surface area contributed by atoms with E-state index >= 15 is 0 Å². The van der Waals surface area contributed by atoms with Crippen LogP contribution in [0.15, 0.2) is 41.3 Å². The summed E-state index contributed by atoms with van der Waals surface area (Å²) in [5.41, 5.74) is -0.648. The first-order valence-electron chi connectivity index (χ1n) is 6.51. The summed E-state index contributed by atoms with van der Waals surface area (Å²) >= 11 is 0. The van der Waals surface area contributed by atoms with Crippen molar-refractivity contribution in [1.29, 1.82) is 0 Å². The fourth-order valence-electron chi connectivity index (χ4n) is 2.56. The van der Waals surface area contributed by atoms with E-state index in [1.165, 1.54) is 0 Å². The van der Waals surface area contributed by atoms with Crippen LogP contribution in [0.25, 0.3) is 0 Å². The number of hydrogen-bond acceptors (Lipinski definition) is 1. The second-order valence-corrected chi connectivity index (χ2v) is 7.82. The topological polar surface area (TPSA) is 9.23 Å². The van der Waals surface area contributed by atoms with Gasteiger partial charge in [0.15, 0.2) is 0 Å². The molecule has 0 bridgehead atoms. The van der Waals surface area contributed by atoms with Crippen LogP contribution in [0.3, 0.4) is 0 Å². The molecule has 0 spiro atoms. The fourth-order valence-corrected chi connectivity index (χ4v) is 3.39. The van der Waals surface area contributed by atoms with Crippen molar-refractivity contribution in [2.45, 2.75) is 31.8 Å². The summed E-state index contributed by atoms with van der Waals surface area (Å²) in [6, 6.07) is 8.70. The molecule has 1 aromatic carbocycles. The Bertz CT molecular complexity index is 551. The summed E-state index contributed by atoms with van der Waals surface area (Å²) in [6.45, 7) is 1.87. The maximum absolute atomic E-state index is 12.7. The van der Waals surface area contributed by atoms with E-state index in [4.69, 9.17) is 4.74 Å². The van der Waals surface area contributed by atoms with Crippen LogP contribution in [-0.4, -0.2) is 6.61 Å². The molecule has 1 nitrogen and oxygen atoms in total. The van der Waals surface area contributed by atoms with E-state index in [1.807, 2.05) is 0 Å². The van der Waals surface area contributed by atoms with Gasteiger partial charge in [0.25, 0.3) is 0 Å². The van der Waals surface area contributed by atoms with Gasteiger partial charge in [0, 0.05) is 13.0 Å². The Morgan fingerprint density at radius 1 is 1.10 bits per heavy atom. The highest BCUT2D eigenvalue weighted by Gasteiger charge is 2.61. The van der Waals surface area contributed by atoms with Crippen LogP contribution in [0.5, 0.6) is 0 Å². The standard InChI is InChI=1S/C14H17F5OS/c1-14(13-7-3-2-4-8-13)10-12(6-5-9-20-14)11-21(15,16,17,18)19/h2-4,7-8,11H,5-6,9-10H2,1H3. The minimum Gasteiger partial charge on any atom is -0.370 e. The minimum atomic E-state index is -9.55. The van der Waals surface area contributed by atoms with E-state index in [1.54, 1.807) is 37.3 Å². The Hall–Kier alpha value is -1.08. The van der Waals surface area contributed by atoms with E-state index in [2.05, 4.69) is 0 Å². The van der Waals surface area contributed by atoms with Gasteiger partial charge in [-0.3, -0.25) is 0 Å². The van der Waals surface area contributed by atoms with Gasteiger partial charge in [0.1, 0.15) is 0 Å². The van der Waals surface area contributed by atoms with Crippen molar-refractivity contribution >= 4 is 10.2 Å². The summed E-state index contributed by atoms with van der Waals surface area (Å²) in [7, 11) is -9.55. The van der Waals surface area contributed by atoms with Gasteiger partial charge in [-0.2, -0.15) is 0 Å². The smallest absolute Gasteiger partial charge is 0.304 e. The van der Waals surface area contributed by atoms with Gasteiger partial charge in [-0.05, 0) is 25.3 Å². The lowest BCUT2D eigenvalue weighted by Gasteiger charge is -2.38. The average molecular weight is 328 g/mol. The first kappa shape index (κ1) is 16.3. The lowest BCUT2D eigenvalue weighted by atomic mass is 9.89. The summed E-state index contributed by atoms with van der Waals surface area (Å²) in [6.07, 6.45) is 0.0682. The molecular weight excluding hydrogens is 311 g/mol. The molecule has 1 unspecified atom stereocenters. The molecule has 2 rings (SSSR count). The largest absolute Gasteiger partial charge is 0.370 e. The van der Waals surface area contributed by atoms with Crippen molar-refractivity contribution in [2.75, 3.05) is 6.61 Å². The maximum Gasteiger partial charge on any atom is 0.304 e. The molecule has 0 N–H and O–H groups in total. The molecule has 1 saturated heterocycles. The van der Waals surface area contributed by atoms with Gasteiger partial charge >= 0.3 is 10.2 Å². The van der Waals surface area contributed by atoms with Gasteiger partial charge in [0.05, 0.1) is 11.0 Å². The first-order valence-corrected chi connectivity index (χ1v) is 8.52. The van der Waals surface area contributed by atoms with Crippen molar-refractivity contribution in [2.24, 2.45) is 0 Å². The Morgan fingerprint density at radius 3 is 2.29 bits per heavy atom. The van der Waals surface area contributed by atoms with Crippen LogP contribution in [0.4, 0.5) is 19.4 Å². The molecule has 0 saturated carbocycles. The van der Waals surface area contributed by atoms with E-state index in [9.17, 15) is 19.4 Å². The van der Waals surface area contributed by atoms with Crippen LogP contribution < -0.4 is 0 Å². The molecule has 1 fully saturated rings. The second kappa shape index (κ2) is 4.46. The zero-order valence-electron chi connectivity index (χ0n) is 11.5. The van der Waals surface area contributed by atoms with Crippen molar-refractivity contribution in [3.63, 3.8) is 0 Å². The molecule has 1 heterocycles. The van der Waals surface area contributed by atoms with Crippen LogP contribution >= 0.6 is 10.2 Å². The maximum atomic E-state index is 12.7.